The molecule has 0 radical (unpaired) electrons. The third-order valence-corrected chi connectivity index (χ3v) is 2.90. The Morgan fingerprint density at radius 3 is 3.15 bits per heavy atom. The molecule has 74 valence electrons. The molecule has 0 aromatic rings. The summed E-state index contributed by atoms with van der Waals surface area (Å²) in [5, 5.41) is 0. The Balaban J connectivity index is 1.96. The van der Waals surface area contributed by atoms with E-state index in [1.807, 2.05) is 6.92 Å². The molecule has 3 atom stereocenters. The van der Waals surface area contributed by atoms with E-state index in [1.54, 1.807) is 0 Å². The number of hydrogen-bond acceptors (Lipinski definition) is 3. The molecule has 13 heavy (non-hydrogen) atoms. The summed E-state index contributed by atoms with van der Waals surface area (Å²) in [5.74, 6) is 0.503. The van der Waals surface area contributed by atoms with Crippen LogP contribution < -0.4 is 0 Å². The summed E-state index contributed by atoms with van der Waals surface area (Å²) in [6.07, 6.45) is 3.55. The lowest BCUT2D eigenvalue weighted by atomic mass is 9.85. The topological polar surface area (TPSA) is 35.5 Å². The molecule has 3 heteroatoms. The van der Waals surface area contributed by atoms with Crippen LogP contribution in [0.3, 0.4) is 0 Å². The number of carbonyl (C=O) groups is 1. The summed E-state index contributed by atoms with van der Waals surface area (Å²) in [6.45, 7) is 2.62. The predicted molar refractivity (Wildman–Crippen MR) is 47.3 cm³/mol. The molecule has 0 spiro atoms. The van der Waals surface area contributed by atoms with Gasteiger partial charge in [-0.05, 0) is 19.8 Å². The van der Waals surface area contributed by atoms with E-state index in [4.69, 9.17) is 9.47 Å². The van der Waals surface area contributed by atoms with Crippen molar-refractivity contribution in [3.63, 3.8) is 0 Å². The summed E-state index contributed by atoms with van der Waals surface area (Å²) >= 11 is 0. The van der Waals surface area contributed by atoms with Crippen LogP contribution in [-0.2, 0) is 14.3 Å². The van der Waals surface area contributed by atoms with Gasteiger partial charge in [0, 0.05) is 25.4 Å². The molecule has 1 saturated heterocycles. The third-order valence-electron chi connectivity index (χ3n) is 2.90. The summed E-state index contributed by atoms with van der Waals surface area (Å²) in [5.41, 5.74) is 0. The Hall–Kier alpha value is -0.410. The highest BCUT2D eigenvalue weighted by molar-refractivity contribution is 5.82. The number of hydrogen-bond donors (Lipinski definition) is 0. The molecule has 1 heterocycles. The fourth-order valence-corrected chi connectivity index (χ4v) is 2.27. The van der Waals surface area contributed by atoms with E-state index in [-0.39, 0.29) is 18.3 Å². The molecule has 1 aliphatic heterocycles. The summed E-state index contributed by atoms with van der Waals surface area (Å²) < 4.78 is 11.0. The largest absolute Gasteiger partial charge is 0.353 e. The van der Waals surface area contributed by atoms with Crippen molar-refractivity contribution in [2.24, 2.45) is 5.92 Å². The van der Waals surface area contributed by atoms with Crippen molar-refractivity contribution in [3.05, 3.63) is 0 Å². The van der Waals surface area contributed by atoms with Gasteiger partial charge < -0.3 is 9.47 Å². The van der Waals surface area contributed by atoms with E-state index in [1.165, 1.54) is 0 Å². The first-order valence-electron chi connectivity index (χ1n) is 5.11. The lowest BCUT2D eigenvalue weighted by Crippen LogP contribution is -2.28. The highest BCUT2D eigenvalue weighted by Gasteiger charge is 2.41. The molecule has 2 unspecified atom stereocenters. The quantitative estimate of drug-likeness (QED) is 0.652. The monoisotopic (exact) mass is 184 g/mol. The standard InChI is InChI=1S/C10H16O3/c1-2-12-10-6-7-8(11)4-3-5-9(7)13-10/h7,9-10H,2-6H2,1H3/t7?,9-,10?/m1/s1. The van der Waals surface area contributed by atoms with E-state index in [2.05, 4.69) is 0 Å². The second kappa shape index (κ2) is 3.76. The first kappa shape index (κ1) is 9.16. The van der Waals surface area contributed by atoms with E-state index < -0.39 is 0 Å². The molecule has 0 aromatic carbocycles. The van der Waals surface area contributed by atoms with Gasteiger partial charge in [0.2, 0.25) is 0 Å². The normalized spacial score (nSPS) is 39.2. The number of Topliss-reactive ketones (excluding diaryl/α,β-unsaturated/α-hetero) is 1. The second-order valence-electron chi connectivity index (χ2n) is 3.76. The molecule has 3 nitrogen and oxygen atoms in total. The molecular formula is C10H16O3. The fourth-order valence-electron chi connectivity index (χ4n) is 2.27. The molecule has 0 amide bonds. The van der Waals surface area contributed by atoms with Gasteiger partial charge in [-0.15, -0.1) is 0 Å². The van der Waals surface area contributed by atoms with Crippen molar-refractivity contribution < 1.29 is 14.3 Å². The van der Waals surface area contributed by atoms with E-state index >= 15 is 0 Å². The van der Waals surface area contributed by atoms with Crippen LogP contribution in [0.5, 0.6) is 0 Å². The zero-order chi connectivity index (χ0) is 9.26. The Morgan fingerprint density at radius 2 is 2.46 bits per heavy atom. The Morgan fingerprint density at radius 1 is 1.62 bits per heavy atom. The van der Waals surface area contributed by atoms with Crippen LogP contribution >= 0.6 is 0 Å². The molecule has 0 aromatic heterocycles. The Labute approximate surface area is 78.4 Å². The molecular weight excluding hydrogens is 168 g/mol. The molecule has 1 aliphatic carbocycles. The van der Waals surface area contributed by atoms with Gasteiger partial charge in [0.25, 0.3) is 0 Å². The van der Waals surface area contributed by atoms with Crippen LogP contribution in [0.25, 0.3) is 0 Å². The number of rotatable bonds is 2. The predicted octanol–water partition coefficient (Wildman–Crippen LogP) is 1.51. The van der Waals surface area contributed by atoms with Crippen molar-refractivity contribution in [2.75, 3.05) is 6.61 Å². The van der Waals surface area contributed by atoms with Crippen LogP contribution in [0.2, 0.25) is 0 Å². The van der Waals surface area contributed by atoms with Crippen molar-refractivity contribution in [3.8, 4) is 0 Å². The number of ether oxygens (including phenoxy) is 2. The first-order valence-corrected chi connectivity index (χ1v) is 5.11. The van der Waals surface area contributed by atoms with E-state index in [0.29, 0.717) is 12.4 Å². The summed E-state index contributed by atoms with van der Waals surface area (Å²) in [7, 11) is 0. The minimum Gasteiger partial charge on any atom is -0.353 e. The number of ketones is 1. The molecule has 0 bridgehead atoms. The Bertz CT molecular complexity index is 202. The molecule has 2 aliphatic rings. The minimum absolute atomic E-state index is 0.123. The molecule has 0 N–H and O–H groups in total. The zero-order valence-electron chi connectivity index (χ0n) is 7.99. The maximum atomic E-state index is 11.5. The number of carbonyl (C=O) groups excluding carboxylic acids is 1. The highest BCUT2D eigenvalue weighted by Crippen LogP contribution is 2.35. The first-order chi connectivity index (χ1) is 6.31. The Kier molecular flexibility index (Phi) is 2.65. The van der Waals surface area contributed by atoms with Crippen molar-refractivity contribution in [1.29, 1.82) is 0 Å². The fraction of sp³-hybridized carbons (Fsp3) is 0.900. The molecule has 2 fully saturated rings. The van der Waals surface area contributed by atoms with Crippen LogP contribution in [0, 0.1) is 5.92 Å². The van der Waals surface area contributed by atoms with E-state index in [0.717, 1.165) is 25.7 Å². The van der Waals surface area contributed by atoms with Gasteiger partial charge in [0.1, 0.15) is 5.78 Å². The molecule has 2 rings (SSSR count). The minimum atomic E-state index is -0.123. The lowest BCUT2D eigenvalue weighted by Gasteiger charge is -2.21. The van der Waals surface area contributed by atoms with Crippen molar-refractivity contribution in [2.45, 2.75) is 45.0 Å². The van der Waals surface area contributed by atoms with Gasteiger partial charge in [-0.3, -0.25) is 4.79 Å². The maximum absolute atomic E-state index is 11.5. The average molecular weight is 184 g/mol. The van der Waals surface area contributed by atoms with Crippen molar-refractivity contribution >= 4 is 5.78 Å². The number of fused-ring (bicyclic) bond motifs is 1. The van der Waals surface area contributed by atoms with Gasteiger partial charge in [-0.1, -0.05) is 0 Å². The zero-order valence-corrected chi connectivity index (χ0v) is 7.99. The maximum Gasteiger partial charge on any atom is 0.158 e. The van der Waals surface area contributed by atoms with Gasteiger partial charge in [-0.2, -0.15) is 0 Å². The summed E-state index contributed by atoms with van der Waals surface area (Å²) in [6, 6.07) is 0. The smallest absolute Gasteiger partial charge is 0.158 e. The van der Waals surface area contributed by atoms with Crippen LogP contribution in [0.15, 0.2) is 0 Å². The highest BCUT2D eigenvalue weighted by atomic mass is 16.7. The lowest BCUT2D eigenvalue weighted by molar-refractivity contribution is -0.138. The van der Waals surface area contributed by atoms with E-state index in [9.17, 15) is 4.79 Å². The van der Waals surface area contributed by atoms with Crippen LogP contribution in [-0.4, -0.2) is 24.8 Å². The summed E-state index contributed by atoms with van der Waals surface area (Å²) in [4.78, 5) is 11.5. The van der Waals surface area contributed by atoms with Gasteiger partial charge in [0.05, 0.1) is 6.10 Å². The van der Waals surface area contributed by atoms with Gasteiger partial charge in [0.15, 0.2) is 6.29 Å². The van der Waals surface area contributed by atoms with Gasteiger partial charge in [-0.25, -0.2) is 0 Å². The van der Waals surface area contributed by atoms with Gasteiger partial charge >= 0.3 is 0 Å². The second-order valence-corrected chi connectivity index (χ2v) is 3.76. The molecule has 1 saturated carbocycles. The SMILES string of the molecule is CCOC1CC2C(=O)CCC[C@H]2O1. The van der Waals surface area contributed by atoms with Crippen LogP contribution in [0.1, 0.15) is 32.6 Å². The van der Waals surface area contributed by atoms with Crippen LogP contribution in [0.4, 0.5) is 0 Å². The third kappa shape index (κ3) is 1.76. The average Bonchev–Trinajstić information content (AvgIpc) is 2.49. The van der Waals surface area contributed by atoms with Crippen molar-refractivity contribution in [1.82, 2.24) is 0 Å².